The van der Waals surface area contributed by atoms with Crippen LogP contribution in [0.2, 0.25) is 0 Å². The molecule has 9 heteroatoms. The topological polar surface area (TPSA) is 77.1 Å². The summed E-state index contributed by atoms with van der Waals surface area (Å²) < 4.78 is 7.03. The Labute approximate surface area is 171 Å². The molecule has 0 saturated carbocycles. The quantitative estimate of drug-likeness (QED) is 0.373. The van der Waals surface area contributed by atoms with Crippen molar-refractivity contribution < 1.29 is 9.57 Å². The molecule has 4 aromatic rings. The molecule has 0 radical (unpaired) electrons. The first kappa shape index (κ1) is 18.0. The zero-order chi connectivity index (χ0) is 19.8. The van der Waals surface area contributed by atoms with Gasteiger partial charge in [-0.05, 0) is 31.2 Å². The summed E-state index contributed by atoms with van der Waals surface area (Å²) in [5.74, 6) is 1.32. The van der Waals surface area contributed by atoms with Gasteiger partial charge in [0, 0.05) is 23.5 Å². The second-order valence-corrected chi connectivity index (χ2v) is 8.05. The van der Waals surface area contributed by atoms with Crippen molar-refractivity contribution >= 4 is 33.4 Å². The predicted octanol–water partition coefficient (Wildman–Crippen LogP) is 2.89. The highest BCUT2D eigenvalue weighted by molar-refractivity contribution is 7.19. The summed E-state index contributed by atoms with van der Waals surface area (Å²) in [6, 6.07) is 7.62. The van der Waals surface area contributed by atoms with Crippen LogP contribution in [0.4, 0.5) is 0 Å². The lowest BCUT2D eigenvalue weighted by molar-refractivity contribution is 0.126. The molecule has 0 amide bonds. The summed E-state index contributed by atoms with van der Waals surface area (Å²) in [6.45, 7) is 2.19. The van der Waals surface area contributed by atoms with E-state index in [9.17, 15) is 0 Å². The first-order chi connectivity index (χ1) is 14.2. The van der Waals surface area contributed by atoms with Crippen LogP contribution in [0.1, 0.15) is 21.8 Å². The number of rotatable bonds is 5. The number of benzene rings is 1. The van der Waals surface area contributed by atoms with Gasteiger partial charge in [0.25, 0.3) is 0 Å². The lowest BCUT2D eigenvalue weighted by atomic mass is 10.1. The molecule has 0 saturated heterocycles. The van der Waals surface area contributed by atoms with Crippen molar-refractivity contribution in [3.63, 3.8) is 0 Å². The van der Waals surface area contributed by atoms with Gasteiger partial charge in [0.05, 0.1) is 18.7 Å². The zero-order valence-corrected chi connectivity index (χ0v) is 17.0. The molecule has 3 aromatic heterocycles. The van der Waals surface area contributed by atoms with Gasteiger partial charge in [0.2, 0.25) is 0 Å². The Morgan fingerprint density at radius 1 is 1.31 bits per heavy atom. The monoisotopic (exact) mass is 408 g/mol. The fraction of sp³-hybridized carbons (Fsp3) is 0.300. The number of hydrogen-bond acceptors (Lipinski definition) is 8. The van der Waals surface area contributed by atoms with Crippen LogP contribution in [-0.4, -0.2) is 51.4 Å². The van der Waals surface area contributed by atoms with Crippen LogP contribution in [-0.2, 0) is 24.4 Å². The van der Waals surface area contributed by atoms with E-state index in [0.717, 1.165) is 46.7 Å². The van der Waals surface area contributed by atoms with Crippen LogP contribution in [0.15, 0.2) is 35.7 Å². The standard InChI is InChI=1S/C20H20N6O2S/c1-25-8-7-14-16(10-25)29-20-18(14)19-23-17(24-26(19)12-21-20)11-28-22-9-13-5-3-4-6-15(13)27-2/h3-6,9,12H,7-8,10-11H2,1-2H3. The van der Waals surface area contributed by atoms with Crippen LogP contribution in [0.3, 0.4) is 0 Å². The van der Waals surface area contributed by atoms with Gasteiger partial charge >= 0.3 is 0 Å². The molecule has 8 nitrogen and oxygen atoms in total. The first-order valence-electron chi connectivity index (χ1n) is 9.34. The Hall–Kier alpha value is -3.04. The smallest absolute Gasteiger partial charge is 0.192 e. The minimum absolute atomic E-state index is 0.184. The maximum absolute atomic E-state index is 5.42. The largest absolute Gasteiger partial charge is 0.496 e. The summed E-state index contributed by atoms with van der Waals surface area (Å²) in [7, 11) is 3.78. The molecule has 0 bridgehead atoms. The van der Waals surface area contributed by atoms with Gasteiger partial charge in [-0.1, -0.05) is 17.3 Å². The molecule has 0 unspecified atom stereocenters. The lowest BCUT2D eigenvalue weighted by Gasteiger charge is -2.21. The summed E-state index contributed by atoms with van der Waals surface area (Å²) in [6.07, 6.45) is 4.35. The molecule has 0 N–H and O–H groups in total. The van der Waals surface area contributed by atoms with Gasteiger partial charge in [0.15, 0.2) is 18.1 Å². The highest BCUT2D eigenvalue weighted by atomic mass is 32.1. The second kappa shape index (κ2) is 7.41. The number of oxime groups is 1. The van der Waals surface area contributed by atoms with Gasteiger partial charge in [-0.25, -0.2) is 14.5 Å². The molecule has 4 heterocycles. The number of fused-ring (bicyclic) bond motifs is 5. The number of para-hydroxylation sites is 1. The third-order valence-electron chi connectivity index (χ3n) is 5.01. The number of nitrogens with zero attached hydrogens (tertiary/aromatic N) is 6. The number of thiophene rings is 1. The zero-order valence-electron chi connectivity index (χ0n) is 16.2. The highest BCUT2D eigenvalue weighted by Gasteiger charge is 2.22. The maximum atomic E-state index is 5.42. The van der Waals surface area contributed by atoms with Crippen molar-refractivity contribution in [2.45, 2.75) is 19.6 Å². The van der Waals surface area contributed by atoms with Crippen molar-refractivity contribution in [1.82, 2.24) is 24.5 Å². The molecule has 148 valence electrons. The average Bonchev–Trinajstić information content (AvgIpc) is 3.31. The Kier molecular flexibility index (Phi) is 4.61. The third-order valence-corrected chi connectivity index (χ3v) is 6.14. The fourth-order valence-corrected chi connectivity index (χ4v) is 4.85. The molecule has 0 atom stereocenters. The summed E-state index contributed by atoms with van der Waals surface area (Å²) >= 11 is 1.75. The number of aromatic nitrogens is 4. The van der Waals surface area contributed by atoms with Crippen molar-refractivity contribution in [3.05, 3.63) is 52.4 Å². The summed E-state index contributed by atoms with van der Waals surface area (Å²) in [5, 5.41) is 9.65. The number of hydrogen-bond donors (Lipinski definition) is 0. The minimum Gasteiger partial charge on any atom is -0.496 e. The Morgan fingerprint density at radius 3 is 3.10 bits per heavy atom. The normalized spacial score (nSPS) is 14.7. The van der Waals surface area contributed by atoms with E-state index in [-0.39, 0.29) is 6.61 Å². The Balaban J connectivity index is 1.39. The third kappa shape index (κ3) is 3.32. The SMILES string of the molecule is COc1ccccc1C=NOCc1nc2c3c4c(sc3ncn2n1)CN(C)CC4. The molecular formula is C20H20N6O2S. The van der Waals surface area contributed by atoms with Gasteiger partial charge in [0.1, 0.15) is 16.9 Å². The van der Waals surface area contributed by atoms with E-state index in [4.69, 9.17) is 14.6 Å². The maximum Gasteiger partial charge on any atom is 0.192 e. The number of ether oxygens (including phenoxy) is 1. The van der Waals surface area contributed by atoms with Crippen molar-refractivity contribution in [2.24, 2.45) is 5.16 Å². The molecule has 0 spiro atoms. The van der Waals surface area contributed by atoms with Crippen LogP contribution in [0.5, 0.6) is 5.75 Å². The summed E-state index contributed by atoms with van der Waals surface area (Å²) in [4.78, 5) is 19.4. The van der Waals surface area contributed by atoms with E-state index in [1.54, 1.807) is 35.5 Å². The van der Waals surface area contributed by atoms with Crippen LogP contribution in [0, 0.1) is 0 Å². The van der Waals surface area contributed by atoms with E-state index >= 15 is 0 Å². The van der Waals surface area contributed by atoms with Gasteiger partial charge in [-0.15, -0.1) is 16.4 Å². The molecule has 29 heavy (non-hydrogen) atoms. The van der Waals surface area contributed by atoms with E-state index in [2.05, 4.69) is 27.2 Å². The molecule has 1 aliphatic heterocycles. The molecule has 0 fully saturated rings. The van der Waals surface area contributed by atoms with E-state index in [0.29, 0.717) is 5.82 Å². The van der Waals surface area contributed by atoms with Crippen LogP contribution >= 0.6 is 11.3 Å². The van der Waals surface area contributed by atoms with Crippen molar-refractivity contribution in [2.75, 3.05) is 20.7 Å². The van der Waals surface area contributed by atoms with Gasteiger partial charge in [-0.3, -0.25) is 0 Å². The highest BCUT2D eigenvalue weighted by Crippen LogP contribution is 2.35. The predicted molar refractivity (Wildman–Crippen MR) is 112 cm³/mol. The summed E-state index contributed by atoms with van der Waals surface area (Å²) in [5.41, 5.74) is 3.04. The number of likely N-dealkylation sites (N-methyl/N-ethyl adjacent to an activating group) is 1. The van der Waals surface area contributed by atoms with Crippen molar-refractivity contribution in [3.8, 4) is 5.75 Å². The van der Waals surface area contributed by atoms with E-state index in [1.807, 2.05) is 24.3 Å². The molecule has 1 aliphatic rings. The molecule has 0 aliphatic carbocycles. The lowest BCUT2D eigenvalue weighted by Crippen LogP contribution is -2.25. The second-order valence-electron chi connectivity index (χ2n) is 6.96. The first-order valence-corrected chi connectivity index (χ1v) is 10.2. The molecule has 1 aromatic carbocycles. The fourth-order valence-electron chi connectivity index (χ4n) is 3.59. The minimum atomic E-state index is 0.184. The van der Waals surface area contributed by atoms with E-state index < -0.39 is 0 Å². The van der Waals surface area contributed by atoms with Gasteiger partial charge in [-0.2, -0.15) is 0 Å². The van der Waals surface area contributed by atoms with Crippen LogP contribution in [0.25, 0.3) is 15.9 Å². The number of methoxy groups -OCH3 is 1. The average molecular weight is 408 g/mol. The Bertz CT molecular complexity index is 1210. The van der Waals surface area contributed by atoms with Crippen LogP contribution < -0.4 is 4.74 Å². The van der Waals surface area contributed by atoms with Gasteiger partial charge < -0.3 is 14.5 Å². The molecule has 5 rings (SSSR count). The van der Waals surface area contributed by atoms with E-state index in [1.165, 1.54) is 10.4 Å². The molecular weight excluding hydrogens is 388 g/mol. The Morgan fingerprint density at radius 2 is 2.21 bits per heavy atom. The van der Waals surface area contributed by atoms with Crippen molar-refractivity contribution in [1.29, 1.82) is 0 Å².